The lowest BCUT2D eigenvalue weighted by molar-refractivity contribution is -0.119. The minimum atomic E-state index is 0.403. The molecule has 1 aromatic carbocycles. The molecule has 3 heteroatoms. The molecule has 0 saturated heterocycles. The number of ketones is 1. The fourth-order valence-electron chi connectivity index (χ4n) is 2.00. The largest absolute Gasteiger partial charge is 0.300 e. The Kier molecular flexibility index (Phi) is 4.30. The predicted molar refractivity (Wildman–Crippen MR) is 70.2 cm³/mol. The summed E-state index contributed by atoms with van der Waals surface area (Å²) in [5.41, 5.74) is 5.27. The first-order valence-electron chi connectivity index (χ1n) is 6.23. The minimum Gasteiger partial charge on any atom is -0.300 e. The van der Waals surface area contributed by atoms with Crippen LogP contribution in [0.15, 0.2) is 35.4 Å². The highest BCUT2D eigenvalue weighted by molar-refractivity contribution is 5.87. The molecular formula is C14H18N2O. The van der Waals surface area contributed by atoms with Crippen molar-refractivity contribution in [1.82, 2.24) is 0 Å². The molecule has 0 amide bonds. The van der Waals surface area contributed by atoms with Crippen molar-refractivity contribution < 1.29 is 4.79 Å². The average molecular weight is 230 g/mol. The first kappa shape index (κ1) is 11.8. The van der Waals surface area contributed by atoms with Gasteiger partial charge in [0.15, 0.2) is 0 Å². The normalized spacial score (nSPS) is 17.2. The third-order valence-corrected chi connectivity index (χ3v) is 2.96. The van der Waals surface area contributed by atoms with E-state index in [4.69, 9.17) is 0 Å². The third kappa shape index (κ3) is 4.02. The number of nitrogens with zero attached hydrogens (tertiary/aromatic N) is 1. The van der Waals surface area contributed by atoms with Gasteiger partial charge in [-0.3, -0.25) is 10.2 Å². The van der Waals surface area contributed by atoms with Gasteiger partial charge in [-0.15, -0.1) is 0 Å². The molecule has 0 radical (unpaired) electrons. The van der Waals surface area contributed by atoms with Crippen LogP contribution in [0.1, 0.15) is 38.5 Å². The molecule has 1 saturated carbocycles. The maximum Gasteiger partial charge on any atom is 0.132 e. The van der Waals surface area contributed by atoms with Crippen molar-refractivity contribution >= 4 is 17.2 Å². The van der Waals surface area contributed by atoms with Gasteiger partial charge in [0, 0.05) is 18.6 Å². The van der Waals surface area contributed by atoms with Crippen molar-refractivity contribution in [3.63, 3.8) is 0 Å². The fourth-order valence-corrected chi connectivity index (χ4v) is 2.00. The summed E-state index contributed by atoms with van der Waals surface area (Å²) in [5, 5.41) is 4.44. The molecule has 2 rings (SSSR count). The van der Waals surface area contributed by atoms with Gasteiger partial charge in [0.1, 0.15) is 5.78 Å². The Morgan fingerprint density at radius 3 is 2.24 bits per heavy atom. The minimum absolute atomic E-state index is 0.403. The summed E-state index contributed by atoms with van der Waals surface area (Å²) in [5.74, 6) is 0.403. The van der Waals surface area contributed by atoms with Gasteiger partial charge >= 0.3 is 0 Å². The van der Waals surface area contributed by atoms with Gasteiger partial charge in [0.05, 0.1) is 5.69 Å². The summed E-state index contributed by atoms with van der Waals surface area (Å²) in [6.45, 7) is 0. The van der Waals surface area contributed by atoms with Crippen LogP contribution in [0.25, 0.3) is 0 Å². The van der Waals surface area contributed by atoms with Crippen molar-refractivity contribution in [2.45, 2.75) is 38.5 Å². The predicted octanol–water partition coefficient (Wildman–Crippen LogP) is 3.38. The molecule has 1 aromatic rings. The molecule has 1 aliphatic rings. The van der Waals surface area contributed by atoms with Gasteiger partial charge in [-0.25, -0.2) is 0 Å². The number of Topliss-reactive ketones (excluding diaryl/α,β-unsaturated/α-hetero) is 1. The lowest BCUT2D eigenvalue weighted by Gasteiger charge is -2.10. The van der Waals surface area contributed by atoms with E-state index in [1.807, 2.05) is 30.3 Å². The van der Waals surface area contributed by atoms with E-state index in [2.05, 4.69) is 10.5 Å². The van der Waals surface area contributed by atoms with Crippen molar-refractivity contribution in [2.75, 3.05) is 5.43 Å². The van der Waals surface area contributed by atoms with Gasteiger partial charge in [-0.1, -0.05) is 18.2 Å². The van der Waals surface area contributed by atoms with E-state index in [0.29, 0.717) is 18.6 Å². The Labute approximate surface area is 102 Å². The molecule has 90 valence electrons. The number of para-hydroxylation sites is 1. The molecule has 0 aliphatic heterocycles. The molecule has 0 spiro atoms. The van der Waals surface area contributed by atoms with Crippen LogP contribution in [0, 0.1) is 0 Å². The highest BCUT2D eigenvalue weighted by atomic mass is 16.1. The van der Waals surface area contributed by atoms with Crippen LogP contribution in [0.2, 0.25) is 0 Å². The highest BCUT2D eigenvalue weighted by Gasteiger charge is 2.09. The number of nitrogens with one attached hydrogen (secondary N) is 1. The fraction of sp³-hybridized carbons (Fsp3) is 0.429. The topological polar surface area (TPSA) is 41.5 Å². The number of carbonyl (C=O) groups excluding carboxylic acids is 1. The number of hydrazone groups is 1. The average Bonchev–Trinajstić information content (AvgIpc) is 2.33. The summed E-state index contributed by atoms with van der Waals surface area (Å²) in [6, 6.07) is 9.95. The lowest BCUT2D eigenvalue weighted by Crippen LogP contribution is -2.09. The van der Waals surface area contributed by atoms with Gasteiger partial charge in [-0.2, -0.15) is 5.10 Å². The number of rotatable bonds is 2. The summed E-state index contributed by atoms with van der Waals surface area (Å²) in [4.78, 5) is 11.3. The molecule has 0 atom stereocenters. The van der Waals surface area contributed by atoms with Crippen molar-refractivity contribution in [1.29, 1.82) is 0 Å². The molecular weight excluding hydrogens is 212 g/mol. The number of benzene rings is 1. The lowest BCUT2D eigenvalue weighted by atomic mass is 9.98. The van der Waals surface area contributed by atoms with Crippen LogP contribution in [0.3, 0.4) is 0 Å². The number of hydrogen-bond donors (Lipinski definition) is 1. The molecule has 1 fully saturated rings. The van der Waals surface area contributed by atoms with Crippen LogP contribution in [-0.4, -0.2) is 11.5 Å². The van der Waals surface area contributed by atoms with Crippen LogP contribution in [-0.2, 0) is 4.79 Å². The molecule has 17 heavy (non-hydrogen) atoms. The zero-order chi connectivity index (χ0) is 11.9. The SMILES string of the molecule is O=C1CCCC(=NNc2ccccc2)CCC1. The second-order valence-electron chi connectivity index (χ2n) is 4.40. The number of carbonyl (C=O) groups is 1. The van der Waals surface area contributed by atoms with E-state index in [-0.39, 0.29) is 0 Å². The summed E-state index contributed by atoms with van der Waals surface area (Å²) < 4.78 is 0. The van der Waals surface area contributed by atoms with E-state index >= 15 is 0 Å². The summed E-state index contributed by atoms with van der Waals surface area (Å²) in [6.07, 6.45) is 5.17. The standard InChI is InChI=1S/C14H18N2O/c17-14-10-4-8-13(9-5-11-14)16-15-12-6-2-1-3-7-12/h1-3,6-7,15H,4-5,8-11H2. The molecule has 1 N–H and O–H groups in total. The summed E-state index contributed by atoms with van der Waals surface area (Å²) in [7, 11) is 0. The smallest absolute Gasteiger partial charge is 0.132 e. The zero-order valence-electron chi connectivity index (χ0n) is 9.98. The van der Waals surface area contributed by atoms with Gasteiger partial charge in [-0.05, 0) is 37.8 Å². The Balaban J connectivity index is 1.90. The van der Waals surface area contributed by atoms with Crippen LogP contribution < -0.4 is 5.43 Å². The second-order valence-corrected chi connectivity index (χ2v) is 4.40. The van der Waals surface area contributed by atoms with Crippen LogP contribution in [0.5, 0.6) is 0 Å². The van der Waals surface area contributed by atoms with Gasteiger partial charge in [0.2, 0.25) is 0 Å². The van der Waals surface area contributed by atoms with E-state index in [1.54, 1.807) is 0 Å². The maximum absolute atomic E-state index is 11.3. The first-order valence-corrected chi connectivity index (χ1v) is 6.23. The summed E-state index contributed by atoms with van der Waals surface area (Å²) >= 11 is 0. The van der Waals surface area contributed by atoms with Crippen LogP contribution in [0.4, 0.5) is 5.69 Å². The molecule has 0 bridgehead atoms. The van der Waals surface area contributed by atoms with E-state index in [9.17, 15) is 4.79 Å². The number of hydrogen-bond acceptors (Lipinski definition) is 3. The van der Waals surface area contributed by atoms with Crippen molar-refractivity contribution in [3.05, 3.63) is 30.3 Å². The van der Waals surface area contributed by atoms with E-state index in [0.717, 1.165) is 31.4 Å². The van der Waals surface area contributed by atoms with Gasteiger partial charge in [0.25, 0.3) is 0 Å². The molecule has 1 aliphatic carbocycles. The van der Waals surface area contributed by atoms with E-state index < -0.39 is 0 Å². The van der Waals surface area contributed by atoms with Crippen molar-refractivity contribution in [2.24, 2.45) is 5.10 Å². The Bertz CT molecular complexity index is 384. The monoisotopic (exact) mass is 230 g/mol. The Morgan fingerprint density at radius 2 is 1.59 bits per heavy atom. The van der Waals surface area contributed by atoms with Crippen LogP contribution >= 0.6 is 0 Å². The quantitative estimate of drug-likeness (QED) is 0.791. The second kappa shape index (κ2) is 6.18. The Hall–Kier alpha value is -1.64. The molecule has 0 heterocycles. The first-order chi connectivity index (χ1) is 8.34. The number of anilines is 1. The maximum atomic E-state index is 11.3. The van der Waals surface area contributed by atoms with Crippen molar-refractivity contribution in [3.8, 4) is 0 Å². The van der Waals surface area contributed by atoms with E-state index in [1.165, 1.54) is 5.71 Å². The van der Waals surface area contributed by atoms with Gasteiger partial charge < -0.3 is 0 Å². The molecule has 3 nitrogen and oxygen atoms in total. The third-order valence-electron chi connectivity index (χ3n) is 2.96. The zero-order valence-corrected chi connectivity index (χ0v) is 9.98. The molecule has 0 unspecified atom stereocenters. The highest BCUT2D eigenvalue weighted by Crippen LogP contribution is 2.13. The Morgan fingerprint density at radius 1 is 0.941 bits per heavy atom. The molecule has 0 aromatic heterocycles.